The van der Waals surface area contributed by atoms with E-state index in [1.165, 1.54) is 0 Å². The Morgan fingerprint density at radius 2 is 1.83 bits per heavy atom. The first-order valence-corrected chi connectivity index (χ1v) is 10.4. The lowest BCUT2D eigenvalue weighted by atomic mass is 10.1. The van der Waals surface area contributed by atoms with Crippen molar-refractivity contribution in [3.8, 4) is 0 Å². The fourth-order valence-electron chi connectivity index (χ4n) is 3.75. The highest BCUT2D eigenvalue weighted by molar-refractivity contribution is 5.94. The van der Waals surface area contributed by atoms with E-state index in [9.17, 15) is 9.90 Å². The summed E-state index contributed by atoms with van der Waals surface area (Å²) >= 11 is 0. The van der Waals surface area contributed by atoms with Crippen molar-refractivity contribution in [3.63, 3.8) is 0 Å². The van der Waals surface area contributed by atoms with Gasteiger partial charge < -0.3 is 15.3 Å². The number of piperazine rings is 1. The summed E-state index contributed by atoms with van der Waals surface area (Å²) in [6.45, 7) is 8.05. The molecular formula is C22H29N5O2. The summed E-state index contributed by atoms with van der Waals surface area (Å²) in [5.74, 6) is 2.08. The van der Waals surface area contributed by atoms with Crippen LogP contribution in [0.1, 0.15) is 36.0 Å². The number of rotatable bonds is 6. The zero-order valence-corrected chi connectivity index (χ0v) is 17.1. The minimum absolute atomic E-state index is 0.102. The summed E-state index contributed by atoms with van der Waals surface area (Å²) < 4.78 is 0. The summed E-state index contributed by atoms with van der Waals surface area (Å²) in [6, 6.07) is 9.57. The van der Waals surface area contributed by atoms with E-state index in [2.05, 4.69) is 25.1 Å². The topological polar surface area (TPSA) is 81.6 Å². The fraction of sp³-hybridized carbons (Fsp3) is 0.500. The maximum Gasteiger partial charge on any atom is 0.227 e. The molecule has 0 radical (unpaired) electrons. The van der Waals surface area contributed by atoms with Crippen molar-refractivity contribution in [3.05, 3.63) is 47.4 Å². The molecule has 0 bridgehead atoms. The van der Waals surface area contributed by atoms with Crippen LogP contribution in [0.4, 0.5) is 11.5 Å². The molecule has 1 saturated heterocycles. The average Bonchev–Trinajstić information content (AvgIpc) is 3.54. The van der Waals surface area contributed by atoms with Crippen molar-refractivity contribution in [1.29, 1.82) is 0 Å². The molecule has 2 N–H and O–H groups in total. The molecule has 2 fully saturated rings. The Bertz CT molecular complexity index is 838. The Balaban J connectivity index is 1.28. The predicted molar refractivity (Wildman–Crippen MR) is 113 cm³/mol. The van der Waals surface area contributed by atoms with Crippen molar-refractivity contribution in [2.75, 3.05) is 42.9 Å². The molecule has 7 heteroatoms. The largest absolute Gasteiger partial charge is 0.387 e. The molecule has 7 nitrogen and oxygen atoms in total. The number of aliphatic hydroxyl groups excluding tert-OH is 1. The number of nitrogens with one attached hydrogen (secondary N) is 1. The van der Waals surface area contributed by atoms with Gasteiger partial charge in [0.15, 0.2) is 0 Å². The molecule has 1 amide bonds. The summed E-state index contributed by atoms with van der Waals surface area (Å²) in [6.07, 6.45) is 1.44. The molecule has 4 rings (SSSR count). The van der Waals surface area contributed by atoms with Gasteiger partial charge in [0.25, 0.3) is 0 Å². The first-order chi connectivity index (χ1) is 14.0. The second-order valence-electron chi connectivity index (χ2n) is 8.10. The highest BCUT2D eigenvalue weighted by Gasteiger charge is 2.29. The summed E-state index contributed by atoms with van der Waals surface area (Å²) in [7, 11) is 0. The Labute approximate surface area is 171 Å². The van der Waals surface area contributed by atoms with E-state index in [4.69, 9.17) is 0 Å². The molecule has 154 valence electrons. The lowest BCUT2D eigenvalue weighted by Gasteiger charge is -2.36. The number of amides is 1. The lowest BCUT2D eigenvalue weighted by Crippen LogP contribution is -2.47. The van der Waals surface area contributed by atoms with Crippen LogP contribution in [0.3, 0.4) is 0 Å². The molecule has 1 aliphatic heterocycles. The zero-order chi connectivity index (χ0) is 20.4. The quantitative estimate of drug-likeness (QED) is 0.781. The molecule has 29 heavy (non-hydrogen) atoms. The van der Waals surface area contributed by atoms with Gasteiger partial charge in [-0.3, -0.25) is 9.69 Å². The van der Waals surface area contributed by atoms with Gasteiger partial charge in [0.2, 0.25) is 5.91 Å². The normalized spacial score (nSPS) is 18.5. The number of hydrogen-bond donors (Lipinski definition) is 2. The number of nitrogens with zero attached hydrogens (tertiary/aromatic N) is 4. The second kappa shape index (κ2) is 8.47. The number of aliphatic hydroxyl groups is 1. The van der Waals surface area contributed by atoms with Gasteiger partial charge in [-0.1, -0.05) is 12.1 Å². The van der Waals surface area contributed by atoms with Gasteiger partial charge in [-0.25, -0.2) is 9.97 Å². The van der Waals surface area contributed by atoms with Crippen molar-refractivity contribution < 1.29 is 9.90 Å². The van der Waals surface area contributed by atoms with E-state index in [-0.39, 0.29) is 11.8 Å². The van der Waals surface area contributed by atoms with Gasteiger partial charge in [0.05, 0.1) is 6.10 Å². The molecule has 2 aliphatic rings. The minimum atomic E-state index is -0.543. The van der Waals surface area contributed by atoms with Crippen LogP contribution in [-0.2, 0) is 4.79 Å². The number of hydrogen-bond acceptors (Lipinski definition) is 6. The smallest absolute Gasteiger partial charge is 0.227 e. The average molecular weight is 396 g/mol. The number of carbonyl (C=O) groups is 1. The molecule has 1 atom stereocenters. The zero-order valence-electron chi connectivity index (χ0n) is 17.1. The minimum Gasteiger partial charge on any atom is -0.387 e. The van der Waals surface area contributed by atoms with E-state index in [0.29, 0.717) is 6.54 Å². The number of benzene rings is 1. The fourth-order valence-corrected chi connectivity index (χ4v) is 3.75. The van der Waals surface area contributed by atoms with E-state index in [1.54, 1.807) is 0 Å². The highest BCUT2D eigenvalue weighted by Crippen LogP contribution is 2.30. The van der Waals surface area contributed by atoms with Crippen LogP contribution in [0, 0.1) is 19.8 Å². The maximum atomic E-state index is 11.8. The van der Waals surface area contributed by atoms with Crippen LogP contribution in [0.2, 0.25) is 0 Å². The van der Waals surface area contributed by atoms with Gasteiger partial charge in [0, 0.05) is 56.1 Å². The van der Waals surface area contributed by atoms with Gasteiger partial charge in [0.1, 0.15) is 11.6 Å². The van der Waals surface area contributed by atoms with Crippen LogP contribution >= 0.6 is 0 Å². The van der Waals surface area contributed by atoms with Crippen LogP contribution < -0.4 is 10.2 Å². The third-order valence-corrected chi connectivity index (χ3v) is 5.59. The third-order valence-electron chi connectivity index (χ3n) is 5.59. The van der Waals surface area contributed by atoms with Gasteiger partial charge in [-0.2, -0.15) is 0 Å². The summed E-state index contributed by atoms with van der Waals surface area (Å²) in [5.41, 5.74) is 2.66. The Morgan fingerprint density at radius 1 is 1.14 bits per heavy atom. The van der Waals surface area contributed by atoms with Crippen LogP contribution in [0.15, 0.2) is 30.3 Å². The molecule has 0 unspecified atom stereocenters. The standard InChI is InChI=1S/C22H29N5O2/c1-15-13-21(24-16(2)23-15)27-11-9-26(10-12-27)14-20(28)17-5-7-19(8-6-17)25-22(29)18-3-4-18/h5-8,13,18,20,28H,3-4,9-12,14H2,1-2H3,(H,25,29)/t20-/m1/s1. The second-order valence-corrected chi connectivity index (χ2v) is 8.10. The van der Waals surface area contributed by atoms with E-state index in [0.717, 1.165) is 67.6 Å². The van der Waals surface area contributed by atoms with E-state index >= 15 is 0 Å². The molecular weight excluding hydrogens is 366 g/mol. The van der Waals surface area contributed by atoms with Crippen molar-refractivity contribution in [1.82, 2.24) is 14.9 Å². The number of aryl methyl sites for hydroxylation is 2. The van der Waals surface area contributed by atoms with Gasteiger partial charge >= 0.3 is 0 Å². The van der Waals surface area contributed by atoms with Crippen LogP contribution in [0.5, 0.6) is 0 Å². The molecule has 2 heterocycles. The van der Waals surface area contributed by atoms with Crippen molar-refractivity contribution in [2.45, 2.75) is 32.8 Å². The Kier molecular flexibility index (Phi) is 5.78. The Hall–Kier alpha value is -2.51. The lowest BCUT2D eigenvalue weighted by molar-refractivity contribution is -0.117. The van der Waals surface area contributed by atoms with Crippen molar-refractivity contribution >= 4 is 17.4 Å². The molecule has 2 aromatic rings. The number of carbonyl (C=O) groups excluding carboxylic acids is 1. The highest BCUT2D eigenvalue weighted by atomic mass is 16.3. The van der Waals surface area contributed by atoms with Gasteiger partial charge in [-0.15, -0.1) is 0 Å². The molecule has 0 spiro atoms. The SMILES string of the molecule is Cc1cc(N2CCN(C[C@@H](O)c3ccc(NC(=O)C4CC4)cc3)CC2)nc(C)n1. The maximum absolute atomic E-state index is 11.8. The van der Waals surface area contributed by atoms with Gasteiger partial charge in [-0.05, 0) is 44.4 Å². The predicted octanol–water partition coefficient (Wildman–Crippen LogP) is 2.30. The molecule has 1 aromatic carbocycles. The first-order valence-electron chi connectivity index (χ1n) is 10.4. The summed E-state index contributed by atoms with van der Waals surface area (Å²) in [4.78, 5) is 25.3. The van der Waals surface area contributed by atoms with E-state index in [1.807, 2.05) is 44.2 Å². The van der Waals surface area contributed by atoms with E-state index < -0.39 is 6.10 Å². The first kappa shape index (κ1) is 19.8. The molecule has 1 saturated carbocycles. The number of β-amino-alcohol motifs (C(OH)–C–C–N with tert-alkyl or cyclic N) is 1. The summed E-state index contributed by atoms with van der Waals surface area (Å²) in [5, 5.41) is 13.6. The Morgan fingerprint density at radius 3 is 2.45 bits per heavy atom. The van der Waals surface area contributed by atoms with Crippen molar-refractivity contribution in [2.24, 2.45) is 5.92 Å². The number of anilines is 2. The molecule has 1 aromatic heterocycles. The number of aromatic nitrogens is 2. The van der Waals surface area contributed by atoms with Crippen LogP contribution in [0.25, 0.3) is 0 Å². The molecule has 1 aliphatic carbocycles. The third kappa shape index (κ3) is 5.10. The monoisotopic (exact) mass is 395 g/mol. The van der Waals surface area contributed by atoms with Crippen LogP contribution in [-0.4, -0.2) is 58.6 Å².